The van der Waals surface area contributed by atoms with Crippen LogP contribution in [0, 0.1) is 46.8 Å². The fraction of sp³-hybridized carbons (Fsp3) is 0.810. The number of nitrogens with one attached hydrogen (secondary N) is 1. The van der Waals surface area contributed by atoms with E-state index in [-0.39, 0.29) is 54.5 Å². The molecule has 15 heteroatoms. The molecule has 7 bridgehead atoms. The van der Waals surface area contributed by atoms with E-state index in [2.05, 4.69) is 10.6 Å². The first-order valence-corrected chi connectivity index (χ1v) is 23.9. The summed E-state index contributed by atoms with van der Waals surface area (Å²) in [6, 6.07) is 0. The van der Waals surface area contributed by atoms with Gasteiger partial charge in [-0.05, 0) is 87.2 Å². The number of hydrogen-bond donors (Lipinski definition) is 9. The molecule has 3 aliphatic heterocycles. The van der Waals surface area contributed by atoms with E-state index in [0.29, 0.717) is 50.8 Å². The number of carbonyl (C=O) groups is 2. The van der Waals surface area contributed by atoms with Gasteiger partial charge in [0.2, 0.25) is 0 Å². The van der Waals surface area contributed by atoms with Crippen molar-refractivity contribution in [2.45, 2.75) is 131 Å². The van der Waals surface area contributed by atoms with E-state index in [1.165, 1.54) is 10.8 Å². The Morgan fingerprint density at radius 1 is 1.00 bits per heavy atom. The first-order chi connectivity index (χ1) is 27.5. The van der Waals surface area contributed by atoms with Crippen LogP contribution in [-0.2, 0) is 19.1 Å². The Labute approximate surface area is 342 Å². The first-order valence-electron chi connectivity index (χ1n) is 21.5. The van der Waals surface area contributed by atoms with Crippen LogP contribution in [-0.4, -0.2) is 127 Å². The van der Waals surface area contributed by atoms with Crippen molar-refractivity contribution in [3.63, 3.8) is 0 Å². The van der Waals surface area contributed by atoms with Crippen LogP contribution in [0.3, 0.4) is 0 Å². The monoisotopic (exact) mass is 835 g/mol. The van der Waals surface area contributed by atoms with E-state index in [1.54, 1.807) is 29.0 Å². The van der Waals surface area contributed by atoms with Gasteiger partial charge in [0.1, 0.15) is 46.5 Å². The first kappa shape index (κ1) is 42.4. The Morgan fingerprint density at radius 3 is 2.60 bits per heavy atom. The van der Waals surface area contributed by atoms with Gasteiger partial charge in [-0.3, -0.25) is 14.9 Å². The lowest BCUT2D eigenvalue weighted by Gasteiger charge is -2.59. The second kappa shape index (κ2) is 17.2. The Morgan fingerprint density at radius 2 is 1.81 bits per heavy atom. The molecule has 16 atom stereocenters. The van der Waals surface area contributed by atoms with Crippen LogP contribution in [0.4, 0.5) is 0 Å². The summed E-state index contributed by atoms with van der Waals surface area (Å²) in [5, 5.41) is 84.6. The number of Topliss-reactive ketones (excluding diaryl/α,β-unsaturated/α-hetero) is 2. The van der Waals surface area contributed by atoms with Crippen LogP contribution in [0.5, 0.6) is 0 Å². The molecule has 6 fully saturated rings. The molecule has 0 amide bonds. The second-order valence-electron chi connectivity index (χ2n) is 18.4. The standard InChI is InChI=1S/C42H62N2O11S2/c45-13-3-8-32-41-29(17-26(18-31(41)48)15-23-4-1-5-25(14-23)20-46)35(49)28-6-2-7-30(34(28)36(41)50)54-38-37(51)42(53)27(9-11-40(21-47,55-38)39(42)52)16-24-10-12-43-33(19-24)44-22-56-57-32/h9,11,17-18,23-25,27-30,32-34,37-39,43-48,51-53H,1-8,10,12-16,19-22H2/p+1. The summed E-state index contributed by atoms with van der Waals surface area (Å²) in [6.07, 6.45) is 9.83. The number of ether oxygens (including phenoxy) is 2. The summed E-state index contributed by atoms with van der Waals surface area (Å²) in [6.45, 7) is 0.172. The summed E-state index contributed by atoms with van der Waals surface area (Å²) in [5.74, 6) is -2.72. The van der Waals surface area contributed by atoms with Crippen LogP contribution in [0.25, 0.3) is 0 Å². The van der Waals surface area contributed by atoms with Crippen LogP contribution in [0.2, 0.25) is 0 Å². The molecule has 5 aliphatic carbocycles. The van der Waals surface area contributed by atoms with Gasteiger partial charge in [-0.25, -0.2) is 0 Å². The number of carbonyl (C=O) groups excluding carboxylic acids is 2. The average molecular weight is 836 g/mol. The molecule has 8 rings (SSSR count). The smallest absolute Gasteiger partial charge is 0.188 e. The quantitative estimate of drug-likeness (QED) is 0.131. The van der Waals surface area contributed by atoms with Gasteiger partial charge in [0.05, 0.1) is 37.0 Å². The second-order valence-corrected chi connectivity index (χ2v) is 21.0. The van der Waals surface area contributed by atoms with E-state index < -0.39 is 76.7 Å². The molecule has 57 heavy (non-hydrogen) atoms. The average Bonchev–Trinajstić information content (AvgIpc) is 3.21. The van der Waals surface area contributed by atoms with Gasteiger partial charge < -0.3 is 50.5 Å². The number of rotatable bonds is 7. The van der Waals surface area contributed by atoms with Gasteiger partial charge in [-0.1, -0.05) is 59.1 Å². The van der Waals surface area contributed by atoms with Gasteiger partial charge in [-0.2, -0.15) is 0 Å². The molecule has 3 heterocycles. The Hall–Kier alpha value is -1.34. The summed E-state index contributed by atoms with van der Waals surface area (Å²) in [7, 11) is 3.03. The summed E-state index contributed by atoms with van der Waals surface area (Å²) < 4.78 is 12.9. The van der Waals surface area contributed by atoms with Crippen molar-refractivity contribution in [1.82, 2.24) is 5.32 Å². The molecule has 10 N–H and O–H groups in total. The zero-order valence-corrected chi connectivity index (χ0v) is 34.3. The Bertz CT molecular complexity index is 1600. The summed E-state index contributed by atoms with van der Waals surface area (Å²) >= 11 is 0. The minimum Gasteiger partial charge on any atom is -0.511 e. The molecular weight excluding hydrogens is 773 g/mol. The van der Waals surface area contributed by atoms with E-state index in [4.69, 9.17) is 9.47 Å². The van der Waals surface area contributed by atoms with Crippen molar-refractivity contribution in [1.29, 1.82) is 0 Å². The van der Waals surface area contributed by atoms with Crippen LogP contribution < -0.4 is 10.6 Å². The number of ketones is 2. The molecular formula is C42H63N2O11S2+. The van der Waals surface area contributed by atoms with Gasteiger partial charge in [0, 0.05) is 36.7 Å². The van der Waals surface area contributed by atoms with Gasteiger partial charge in [0.15, 0.2) is 12.1 Å². The molecule has 13 nitrogen and oxygen atoms in total. The Kier molecular flexibility index (Phi) is 12.8. The summed E-state index contributed by atoms with van der Waals surface area (Å²) in [4.78, 5) is 30.9. The topological polar surface area (TPSA) is 223 Å². The Balaban J connectivity index is 1.20. The maximum atomic E-state index is 15.7. The van der Waals surface area contributed by atoms with Crippen molar-refractivity contribution in [2.24, 2.45) is 46.8 Å². The maximum Gasteiger partial charge on any atom is 0.188 e. The lowest BCUT2D eigenvalue weighted by Crippen LogP contribution is -2.95. The van der Waals surface area contributed by atoms with E-state index in [0.717, 1.165) is 50.6 Å². The zero-order valence-electron chi connectivity index (χ0n) is 32.7. The highest BCUT2D eigenvalue weighted by Gasteiger charge is 2.69. The molecule has 0 aromatic rings. The van der Waals surface area contributed by atoms with Gasteiger partial charge in [-0.15, -0.1) is 0 Å². The SMILES string of the molecule is O=C1C2CCCC3OC4OC5(CO)C=CC(CC6CC[NH2+]C(C6)NCSSC(CCCO)C6(C(=O)C32)C(O)=CC(CC2CCCC(CO)C2)=CC16)C(O)(C4O)C5O. The predicted molar refractivity (Wildman–Crippen MR) is 213 cm³/mol. The van der Waals surface area contributed by atoms with Crippen molar-refractivity contribution in [3.05, 3.63) is 35.6 Å². The van der Waals surface area contributed by atoms with E-state index >= 15 is 9.59 Å². The number of fused-ring (bicyclic) bond motifs is 4. The van der Waals surface area contributed by atoms with Crippen molar-refractivity contribution >= 4 is 33.2 Å². The molecule has 3 saturated carbocycles. The highest BCUT2D eigenvalue weighted by molar-refractivity contribution is 8.76. The zero-order chi connectivity index (χ0) is 40.1. The van der Waals surface area contributed by atoms with E-state index in [9.17, 15) is 35.7 Å². The van der Waals surface area contributed by atoms with Crippen molar-refractivity contribution in [2.75, 3.05) is 32.2 Å². The number of aliphatic hydroxyl groups is 7. The number of nitrogens with two attached hydrogens (primary N) is 1. The predicted octanol–water partition coefficient (Wildman–Crippen LogP) is 1.61. The van der Waals surface area contributed by atoms with Crippen LogP contribution in [0.15, 0.2) is 35.6 Å². The summed E-state index contributed by atoms with van der Waals surface area (Å²) in [5.41, 5.74) is -4.72. The molecule has 0 aromatic carbocycles. The lowest BCUT2D eigenvalue weighted by molar-refractivity contribution is -0.704. The number of piperidine rings is 1. The number of hydrogen-bond acceptors (Lipinski definition) is 14. The third-order valence-electron chi connectivity index (χ3n) is 15.2. The van der Waals surface area contributed by atoms with Crippen molar-refractivity contribution in [3.8, 4) is 0 Å². The fourth-order valence-electron chi connectivity index (χ4n) is 12.2. The van der Waals surface area contributed by atoms with Crippen LogP contribution >= 0.6 is 21.6 Å². The minimum absolute atomic E-state index is 0.0530. The number of allylic oxidation sites excluding steroid dienone is 4. The van der Waals surface area contributed by atoms with Crippen LogP contribution in [0.1, 0.15) is 83.5 Å². The molecule has 1 spiro atoms. The highest BCUT2D eigenvalue weighted by Crippen LogP contribution is 2.60. The van der Waals surface area contributed by atoms with E-state index in [1.807, 2.05) is 6.08 Å². The molecule has 3 saturated heterocycles. The molecule has 8 aliphatic rings. The maximum absolute atomic E-state index is 15.7. The molecule has 16 unspecified atom stereocenters. The largest absolute Gasteiger partial charge is 0.511 e. The van der Waals surface area contributed by atoms with Gasteiger partial charge >= 0.3 is 0 Å². The minimum atomic E-state index is -2.13. The molecule has 318 valence electrons. The van der Waals surface area contributed by atoms with Crippen molar-refractivity contribution < 1.29 is 60.1 Å². The lowest BCUT2D eigenvalue weighted by atomic mass is 9.50. The third kappa shape index (κ3) is 7.34. The molecule has 0 aromatic heterocycles. The third-order valence-corrected chi connectivity index (χ3v) is 17.9. The fourth-order valence-corrected chi connectivity index (χ4v) is 15.2. The number of quaternary nitrogens is 1. The van der Waals surface area contributed by atoms with Gasteiger partial charge in [0.25, 0.3) is 0 Å². The highest BCUT2D eigenvalue weighted by atomic mass is 33.1. The number of aliphatic hydroxyl groups excluding tert-OH is 6. The normalized spacial score (nSPS) is 47.6. The molecule has 0 radical (unpaired) electrons.